The van der Waals surface area contributed by atoms with Crippen molar-refractivity contribution in [2.24, 2.45) is 11.3 Å². The Balaban J connectivity index is 3.99. The van der Waals surface area contributed by atoms with E-state index in [1.165, 1.54) is 0 Å². The molecule has 0 aromatic carbocycles. The molecule has 0 aliphatic rings. The smallest absolute Gasteiger partial charge is 0.133 e. The number of carbonyl (C=O) groups excluding carboxylic acids is 1. The number of hydrogen-bond donors (Lipinski definition) is 1. The fourth-order valence-electron chi connectivity index (χ4n) is 1.79. The van der Waals surface area contributed by atoms with Gasteiger partial charge in [0.25, 0.3) is 0 Å². The van der Waals surface area contributed by atoms with Crippen molar-refractivity contribution in [1.29, 1.82) is 5.16 Å². The van der Waals surface area contributed by atoms with Gasteiger partial charge < -0.3 is 0 Å². The summed E-state index contributed by atoms with van der Waals surface area (Å²) in [4.78, 5) is 11.4. The van der Waals surface area contributed by atoms with Gasteiger partial charge in [-0.05, 0) is 33.6 Å². The van der Waals surface area contributed by atoms with Gasteiger partial charge in [-0.15, -0.1) is 0 Å². The first kappa shape index (κ1) is 13.8. The highest BCUT2D eigenvalue weighted by Gasteiger charge is 2.27. The zero-order chi connectivity index (χ0) is 11.2. The Bertz CT molecular complexity index is 196. The van der Waals surface area contributed by atoms with Crippen LogP contribution in [0.4, 0.5) is 0 Å². The Morgan fingerprint density at radius 3 is 2.29 bits per heavy atom. The monoisotopic (exact) mass is 215 g/mol. The molecule has 3 heteroatoms. The molecule has 0 aromatic rings. The van der Waals surface area contributed by atoms with Crippen molar-refractivity contribution in [3.63, 3.8) is 0 Å². The summed E-state index contributed by atoms with van der Waals surface area (Å²) in [7, 11) is 0.721. The fourth-order valence-corrected chi connectivity index (χ4v) is 2.17. The zero-order valence-electron chi connectivity index (χ0n) is 9.76. The molecule has 0 saturated heterocycles. The van der Waals surface area contributed by atoms with Gasteiger partial charge in [-0.25, -0.2) is 0 Å². The summed E-state index contributed by atoms with van der Waals surface area (Å²) >= 11 is 0. The van der Waals surface area contributed by atoms with Crippen LogP contribution in [0, 0.1) is 16.5 Å². The maximum Gasteiger partial charge on any atom is 0.133 e. The number of nitrogens with one attached hydrogen (secondary N) is 1. The fraction of sp³-hybridized carbons (Fsp3) is 0.909. The summed E-state index contributed by atoms with van der Waals surface area (Å²) in [6.07, 6.45) is 4.07. The molecular weight excluding hydrogens is 193 g/mol. The van der Waals surface area contributed by atoms with Crippen LogP contribution in [-0.4, -0.2) is 11.9 Å². The van der Waals surface area contributed by atoms with Crippen molar-refractivity contribution in [2.75, 3.05) is 6.16 Å². The van der Waals surface area contributed by atoms with Gasteiger partial charge in [0.15, 0.2) is 0 Å². The van der Waals surface area contributed by atoms with Gasteiger partial charge >= 0.3 is 0 Å². The van der Waals surface area contributed by atoms with E-state index in [1.54, 1.807) is 6.92 Å². The van der Waals surface area contributed by atoms with Crippen LogP contribution in [0.2, 0.25) is 0 Å². The molecule has 82 valence electrons. The Morgan fingerprint density at radius 1 is 1.36 bits per heavy atom. The van der Waals surface area contributed by atoms with E-state index < -0.39 is 0 Å². The largest absolute Gasteiger partial charge is 0.300 e. The molecule has 1 unspecified atom stereocenters. The average molecular weight is 215 g/mol. The lowest BCUT2D eigenvalue weighted by Gasteiger charge is -2.28. The quantitative estimate of drug-likeness (QED) is 0.525. The summed E-state index contributed by atoms with van der Waals surface area (Å²) in [5.74, 6) is 0.492. The van der Waals surface area contributed by atoms with Crippen LogP contribution in [0.1, 0.15) is 47.0 Å². The van der Waals surface area contributed by atoms with Gasteiger partial charge in [-0.2, -0.15) is 0 Å². The molecule has 0 radical (unpaired) electrons. The lowest BCUT2D eigenvalue weighted by atomic mass is 9.76. The standard InChI is InChI=1S/C11H22NOP/c1-9(13)10(11(2,3)4)7-5-6-8-14-12/h10,12H,5-8H2,1-4H3. The third kappa shape index (κ3) is 5.49. The van der Waals surface area contributed by atoms with Crippen LogP contribution in [0.25, 0.3) is 0 Å². The third-order valence-electron chi connectivity index (χ3n) is 2.55. The molecule has 0 spiro atoms. The van der Waals surface area contributed by atoms with Crippen LogP contribution in [-0.2, 0) is 4.79 Å². The molecule has 1 atom stereocenters. The summed E-state index contributed by atoms with van der Waals surface area (Å²) in [5.41, 5.74) is 0.0878. The number of unbranched alkanes of at least 4 members (excludes halogenated alkanes) is 1. The predicted molar refractivity (Wildman–Crippen MR) is 62.0 cm³/mol. The summed E-state index contributed by atoms with van der Waals surface area (Å²) in [5, 5.41) is 7.00. The minimum atomic E-state index is 0.0878. The Kier molecular flexibility index (Phi) is 6.19. The molecule has 0 aliphatic heterocycles. The van der Waals surface area contributed by atoms with Crippen molar-refractivity contribution in [2.45, 2.75) is 47.0 Å². The van der Waals surface area contributed by atoms with Gasteiger partial charge in [0.2, 0.25) is 0 Å². The van der Waals surface area contributed by atoms with Crippen LogP contribution in [0.3, 0.4) is 0 Å². The van der Waals surface area contributed by atoms with E-state index in [1.807, 2.05) is 0 Å². The Labute approximate surface area is 89.2 Å². The van der Waals surface area contributed by atoms with E-state index in [0.29, 0.717) is 5.78 Å². The molecule has 0 amide bonds. The molecule has 0 aliphatic carbocycles. The summed E-state index contributed by atoms with van der Waals surface area (Å²) < 4.78 is 0. The van der Waals surface area contributed by atoms with Gasteiger partial charge in [-0.1, -0.05) is 27.2 Å². The second-order valence-electron chi connectivity index (χ2n) is 4.91. The number of hydrogen-bond acceptors (Lipinski definition) is 2. The van der Waals surface area contributed by atoms with E-state index in [2.05, 4.69) is 20.8 Å². The topological polar surface area (TPSA) is 40.9 Å². The molecule has 0 bridgehead atoms. The Hall–Kier alpha value is -0.230. The van der Waals surface area contributed by atoms with Crippen LogP contribution in [0.15, 0.2) is 0 Å². The molecule has 0 aromatic heterocycles. The molecule has 2 nitrogen and oxygen atoms in total. The van der Waals surface area contributed by atoms with Gasteiger partial charge in [0.1, 0.15) is 5.78 Å². The molecule has 0 rings (SSSR count). The van der Waals surface area contributed by atoms with E-state index in [9.17, 15) is 4.79 Å². The highest BCUT2D eigenvalue weighted by atomic mass is 31.1. The SMILES string of the molecule is CC(=O)C(CCCCP=N)C(C)(C)C. The van der Waals surface area contributed by atoms with Gasteiger partial charge in [0, 0.05) is 12.1 Å². The average Bonchev–Trinajstić information content (AvgIpc) is 2.01. The van der Waals surface area contributed by atoms with E-state index >= 15 is 0 Å². The normalized spacial score (nSPS) is 14.3. The lowest BCUT2D eigenvalue weighted by Crippen LogP contribution is -2.26. The molecule has 0 heterocycles. The number of rotatable bonds is 6. The highest BCUT2D eigenvalue weighted by Crippen LogP contribution is 2.30. The molecule has 0 fully saturated rings. The first-order chi connectivity index (χ1) is 6.39. The van der Waals surface area contributed by atoms with Crippen LogP contribution < -0.4 is 0 Å². The van der Waals surface area contributed by atoms with Gasteiger partial charge in [-0.3, -0.25) is 9.96 Å². The zero-order valence-corrected chi connectivity index (χ0v) is 10.7. The van der Waals surface area contributed by atoms with Crippen molar-refractivity contribution >= 4 is 14.2 Å². The van der Waals surface area contributed by atoms with E-state index in [4.69, 9.17) is 5.16 Å². The Morgan fingerprint density at radius 2 is 1.93 bits per heavy atom. The highest BCUT2D eigenvalue weighted by molar-refractivity contribution is 7.25. The van der Waals surface area contributed by atoms with Crippen molar-refractivity contribution in [3.05, 3.63) is 0 Å². The third-order valence-corrected chi connectivity index (χ3v) is 3.09. The number of Topliss-reactive ketones (excluding diaryl/α,β-unsaturated/α-hetero) is 1. The number of carbonyl (C=O) groups is 1. The van der Waals surface area contributed by atoms with Crippen molar-refractivity contribution < 1.29 is 4.79 Å². The second kappa shape index (κ2) is 6.29. The molecule has 1 N–H and O–H groups in total. The van der Waals surface area contributed by atoms with Crippen molar-refractivity contribution in [3.8, 4) is 0 Å². The number of ketones is 1. The molecule has 14 heavy (non-hydrogen) atoms. The molecular formula is C11H22NOP. The molecule has 0 saturated carbocycles. The summed E-state index contributed by atoms with van der Waals surface area (Å²) in [6, 6.07) is 0. The predicted octanol–water partition coefficient (Wildman–Crippen LogP) is 4.12. The van der Waals surface area contributed by atoms with E-state index in [0.717, 1.165) is 33.8 Å². The van der Waals surface area contributed by atoms with E-state index in [-0.39, 0.29) is 11.3 Å². The minimum absolute atomic E-state index is 0.0878. The second-order valence-corrected chi connectivity index (χ2v) is 5.67. The minimum Gasteiger partial charge on any atom is -0.300 e. The first-order valence-electron chi connectivity index (χ1n) is 5.23. The summed E-state index contributed by atoms with van der Waals surface area (Å²) in [6.45, 7) is 8.07. The maximum absolute atomic E-state index is 11.4. The van der Waals surface area contributed by atoms with Crippen LogP contribution in [0.5, 0.6) is 0 Å². The van der Waals surface area contributed by atoms with Crippen LogP contribution >= 0.6 is 8.37 Å². The van der Waals surface area contributed by atoms with Gasteiger partial charge in [0.05, 0.1) is 0 Å². The van der Waals surface area contributed by atoms with Crippen molar-refractivity contribution in [1.82, 2.24) is 0 Å². The lowest BCUT2D eigenvalue weighted by molar-refractivity contribution is -0.124. The maximum atomic E-state index is 11.4. The first-order valence-corrected chi connectivity index (χ1v) is 6.31.